The number of amides is 1. The molecule has 0 aromatic heterocycles. The minimum atomic E-state index is 0.0537. The molecule has 0 bridgehead atoms. The molecule has 1 unspecified atom stereocenters. The minimum Gasteiger partial charge on any atom is -0.494 e. The Bertz CT molecular complexity index is 754. The first-order valence-electron chi connectivity index (χ1n) is 14.6. The molecule has 1 amide bonds. The van der Waals surface area contributed by atoms with E-state index >= 15 is 0 Å². The van der Waals surface area contributed by atoms with E-state index in [-0.39, 0.29) is 11.8 Å². The standard InChI is InChI=1S/C16H21NO.C14H29NO2.C2H6/c1-3-5-10-17-11-9-15(16(17)18)14-8-6-7-13(4-2)12-14;1-5-8-14(13-16-4)17-12-11-15(9-6-2)10-7-3;1-2/h5-8,10,12,15H,3-4,9,11H2,1-2H3;8H,5-7,9-13H2,1-4H3;1-2H3/b10-5+;14-8+;. The average Bonchev–Trinajstić information content (AvgIpc) is 3.29. The maximum Gasteiger partial charge on any atom is 0.234 e. The fourth-order valence-electron chi connectivity index (χ4n) is 4.22. The number of likely N-dealkylation sites (tertiary alicyclic amines) is 1. The molecule has 2 rings (SSSR count). The molecule has 0 saturated carbocycles. The summed E-state index contributed by atoms with van der Waals surface area (Å²) in [6.07, 6.45) is 12.4. The summed E-state index contributed by atoms with van der Waals surface area (Å²) in [5.41, 5.74) is 2.48. The average molecular weight is 517 g/mol. The summed E-state index contributed by atoms with van der Waals surface area (Å²) in [4.78, 5) is 16.6. The summed E-state index contributed by atoms with van der Waals surface area (Å²) in [6.45, 7) is 20.3. The van der Waals surface area contributed by atoms with Crippen LogP contribution in [-0.4, -0.2) is 62.2 Å². The third-order valence-electron chi connectivity index (χ3n) is 6.02. The molecular formula is C32H56N2O3. The van der Waals surface area contributed by atoms with Gasteiger partial charge in [-0.3, -0.25) is 9.69 Å². The lowest BCUT2D eigenvalue weighted by Gasteiger charge is -2.21. The van der Waals surface area contributed by atoms with E-state index in [2.05, 4.69) is 69.9 Å². The van der Waals surface area contributed by atoms with Gasteiger partial charge in [0.15, 0.2) is 0 Å². The Balaban J connectivity index is 0.000000658. The summed E-state index contributed by atoms with van der Waals surface area (Å²) < 4.78 is 10.8. The lowest BCUT2D eigenvalue weighted by Crippen LogP contribution is -2.29. The summed E-state index contributed by atoms with van der Waals surface area (Å²) in [7, 11) is 1.70. The van der Waals surface area contributed by atoms with Crippen molar-refractivity contribution in [3.8, 4) is 0 Å². The van der Waals surface area contributed by atoms with Gasteiger partial charge in [-0.1, -0.05) is 78.8 Å². The van der Waals surface area contributed by atoms with Crippen molar-refractivity contribution >= 4 is 5.91 Å². The normalized spacial score (nSPS) is 15.5. The predicted octanol–water partition coefficient (Wildman–Crippen LogP) is 7.58. The van der Waals surface area contributed by atoms with Crippen LogP contribution in [0.2, 0.25) is 0 Å². The van der Waals surface area contributed by atoms with Gasteiger partial charge in [-0.15, -0.1) is 0 Å². The molecular weight excluding hydrogens is 460 g/mol. The zero-order chi connectivity index (χ0) is 27.9. The van der Waals surface area contributed by atoms with E-state index in [1.807, 2.05) is 31.0 Å². The molecule has 1 fully saturated rings. The van der Waals surface area contributed by atoms with Crippen LogP contribution in [0.5, 0.6) is 0 Å². The molecule has 1 atom stereocenters. The lowest BCUT2D eigenvalue weighted by atomic mass is 9.95. The van der Waals surface area contributed by atoms with Gasteiger partial charge in [0, 0.05) is 26.4 Å². The molecule has 0 aliphatic carbocycles. The minimum absolute atomic E-state index is 0.0537. The molecule has 0 N–H and O–H groups in total. The first-order chi connectivity index (χ1) is 18.0. The second-order valence-corrected chi connectivity index (χ2v) is 8.97. The maximum absolute atomic E-state index is 12.3. The highest BCUT2D eigenvalue weighted by molar-refractivity contribution is 5.86. The van der Waals surface area contributed by atoms with Crippen molar-refractivity contribution in [2.24, 2.45) is 0 Å². The van der Waals surface area contributed by atoms with Crippen LogP contribution in [0.25, 0.3) is 0 Å². The third kappa shape index (κ3) is 14.4. The molecule has 0 spiro atoms. The van der Waals surface area contributed by atoms with Gasteiger partial charge in [-0.2, -0.15) is 0 Å². The largest absolute Gasteiger partial charge is 0.494 e. The number of allylic oxidation sites excluding steroid dienone is 2. The third-order valence-corrected chi connectivity index (χ3v) is 6.02. The molecule has 1 aromatic carbocycles. The van der Waals surface area contributed by atoms with Gasteiger partial charge in [0.1, 0.15) is 19.0 Å². The summed E-state index contributed by atoms with van der Waals surface area (Å²) in [5.74, 6) is 1.26. The van der Waals surface area contributed by atoms with E-state index in [0.717, 1.165) is 64.2 Å². The van der Waals surface area contributed by atoms with Gasteiger partial charge in [0.2, 0.25) is 5.91 Å². The molecule has 1 aliphatic rings. The Labute approximate surface area is 228 Å². The second-order valence-electron chi connectivity index (χ2n) is 8.97. The van der Waals surface area contributed by atoms with Crippen LogP contribution in [0.4, 0.5) is 0 Å². The van der Waals surface area contributed by atoms with Crippen molar-refractivity contribution in [1.29, 1.82) is 0 Å². The van der Waals surface area contributed by atoms with Gasteiger partial charge in [-0.05, 0) is 68.8 Å². The van der Waals surface area contributed by atoms with E-state index < -0.39 is 0 Å². The summed E-state index contributed by atoms with van der Waals surface area (Å²) in [6, 6.07) is 8.44. The number of aryl methyl sites for hydroxylation is 1. The lowest BCUT2D eigenvalue weighted by molar-refractivity contribution is -0.126. The van der Waals surface area contributed by atoms with Gasteiger partial charge < -0.3 is 14.4 Å². The van der Waals surface area contributed by atoms with E-state index in [0.29, 0.717) is 6.61 Å². The zero-order valence-corrected chi connectivity index (χ0v) is 25.2. The zero-order valence-electron chi connectivity index (χ0n) is 25.2. The molecule has 1 heterocycles. The molecule has 1 aromatic rings. The van der Waals surface area contributed by atoms with Crippen molar-refractivity contribution in [1.82, 2.24) is 9.80 Å². The van der Waals surface area contributed by atoms with Crippen LogP contribution < -0.4 is 0 Å². The van der Waals surface area contributed by atoms with Gasteiger partial charge >= 0.3 is 0 Å². The number of methoxy groups -OCH3 is 1. The van der Waals surface area contributed by atoms with E-state index in [4.69, 9.17) is 9.47 Å². The molecule has 5 heteroatoms. The smallest absolute Gasteiger partial charge is 0.234 e. The van der Waals surface area contributed by atoms with Crippen LogP contribution in [-0.2, 0) is 20.7 Å². The molecule has 212 valence electrons. The number of rotatable bonds is 15. The van der Waals surface area contributed by atoms with Gasteiger partial charge in [0.25, 0.3) is 0 Å². The topological polar surface area (TPSA) is 42.0 Å². The Morgan fingerprint density at radius 2 is 1.76 bits per heavy atom. The number of hydrogen-bond acceptors (Lipinski definition) is 4. The van der Waals surface area contributed by atoms with E-state index in [1.54, 1.807) is 7.11 Å². The van der Waals surface area contributed by atoms with Crippen molar-refractivity contribution in [3.05, 3.63) is 59.5 Å². The number of hydrogen-bond donors (Lipinski definition) is 0. The maximum atomic E-state index is 12.3. The van der Waals surface area contributed by atoms with Crippen LogP contribution in [0.3, 0.4) is 0 Å². The number of benzene rings is 1. The van der Waals surface area contributed by atoms with Crippen molar-refractivity contribution < 1.29 is 14.3 Å². The quantitative estimate of drug-likeness (QED) is 0.225. The molecule has 1 saturated heterocycles. The first-order valence-corrected chi connectivity index (χ1v) is 14.6. The monoisotopic (exact) mass is 516 g/mol. The second kappa shape index (κ2) is 23.0. The van der Waals surface area contributed by atoms with Crippen LogP contribution in [0.15, 0.2) is 48.4 Å². The Hall–Kier alpha value is -2.11. The predicted molar refractivity (Wildman–Crippen MR) is 159 cm³/mol. The highest BCUT2D eigenvalue weighted by atomic mass is 16.5. The van der Waals surface area contributed by atoms with Crippen molar-refractivity contribution in [3.63, 3.8) is 0 Å². The number of ether oxygens (including phenoxy) is 2. The van der Waals surface area contributed by atoms with Crippen molar-refractivity contribution in [2.45, 2.75) is 92.9 Å². The van der Waals surface area contributed by atoms with Crippen molar-refractivity contribution in [2.75, 3.05) is 46.5 Å². The molecule has 37 heavy (non-hydrogen) atoms. The highest BCUT2D eigenvalue weighted by Crippen LogP contribution is 2.29. The fraction of sp³-hybridized carbons (Fsp3) is 0.656. The molecule has 5 nitrogen and oxygen atoms in total. The number of nitrogens with zero attached hydrogens (tertiary/aromatic N) is 2. The Morgan fingerprint density at radius 1 is 1.05 bits per heavy atom. The Morgan fingerprint density at radius 3 is 2.32 bits per heavy atom. The van der Waals surface area contributed by atoms with Crippen LogP contribution in [0.1, 0.15) is 97.6 Å². The fourth-order valence-corrected chi connectivity index (χ4v) is 4.22. The Kier molecular flexibility index (Phi) is 21.7. The van der Waals surface area contributed by atoms with E-state index in [9.17, 15) is 4.79 Å². The SMILES string of the molecule is CC.CC/C=C(\COC)OCCN(CCC)CCC.CC/C=C/N1CCC(c2cccc(CC)c2)C1=O. The first kappa shape index (κ1) is 34.9. The van der Waals surface area contributed by atoms with Gasteiger partial charge in [-0.25, -0.2) is 0 Å². The van der Waals surface area contributed by atoms with Gasteiger partial charge in [0.05, 0.1) is 5.92 Å². The molecule has 0 radical (unpaired) electrons. The van der Waals surface area contributed by atoms with Crippen LogP contribution in [0, 0.1) is 0 Å². The summed E-state index contributed by atoms with van der Waals surface area (Å²) in [5, 5.41) is 0. The van der Waals surface area contributed by atoms with Crippen LogP contribution >= 0.6 is 0 Å². The number of carbonyl (C=O) groups excluding carboxylic acids is 1. The molecule has 1 aliphatic heterocycles. The van der Waals surface area contributed by atoms with E-state index in [1.165, 1.54) is 24.0 Å². The summed E-state index contributed by atoms with van der Waals surface area (Å²) >= 11 is 0. The highest BCUT2D eigenvalue weighted by Gasteiger charge is 2.31. The number of carbonyl (C=O) groups is 1.